The Kier molecular flexibility index (Phi) is 2.64. The van der Waals surface area contributed by atoms with Gasteiger partial charge in [-0.3, -0.25) is 9.20 Å². The minimum Gasteiger partial charge on any atom is -0.382 e. The van der Waals surface area contributed by atoms with E-state index >= 15 is 0 Å². The van der Waals surface area contributed by atoms with Crippen LogP contribution in [0.25, 0.3) is 16.8 Å². The zero-order valence-corrected chi connectivity index (χ0v) is 10.9. The van der Waals surface area contributed by atoms with E-state index in [2.05, 4.69) is 9.97 Å². The lowest BCUT2D eigenvalue weighted by Gasteiger charge is -2.02. The fraction of sp³-hybridized carbons (Fsp3) is 0.0714. The molecule has 0 atom stereocenters. The third kappa shape index (κ3) is 1.78. The standard InChI is InChI=1S/C14H13N5O/c1-8-18-11(12-13(15)17-6-7-19(8)12)9-2-4-10(5-3-9)14(16)20/h2-7H,1H3,(H2,15,17)(H2,16,20). The number of nitrogens with two attached hydrogens (primary N) is 2. The van der Waals surface area contributed by atoms with E-state index < -0.39 is 5.91 Å². The molecule has 20 heavy (non-hydrogen) atoms. The number of nitrogens with zero attached hydrogens (tertiary/aromatic N) is 3. The number of hydrogen-bond donors (Lipinski definition) is 2. The van der Waals surface area contributed by atoms with Crippen LogP contribution >= 0.6 is 0 Å². The molecule has 0 saturated heterocycles. The summed E-state index contributed by atoms with van der Waals surface area (Å²) in [5, 5.41) is 0. The summed E-state index contributed by atoms with van der Waals surface area (Å²) < 4.78 is 1.89. The molecule has 0 aliphatic carbocycles. The molecule has 100 valence electrons. The molecule has 0 aliphatic rings. The van der Waals surface area contributed by atoms with Gasteiger partial charge < -0.3 is 11.5 Å². The lowest BCUT2D eigenvalue weighted by Crippen LogP contribution is -2.10. The van der Waals surface area contributed by atoms with Gasteiger partial charge in [0.25, 0.3) is 0 Å². The molecule has 4 N–H and O–H groups in total. The van der Waals surface area contributed by atoms with Crippen LogP contribution < -0.4 is 11.5 Å². The minimum absolute atomic E-state index is 0.419. The molecular formula is C14H13N5O. The predicted octanol–water partition coefficient (Wildman–Crippen LogP) is 1.39. The second-order valence-corrected chi connectivity index (χ2v) is 4.48. The van der Waals surface area contributed by atoms with E-state index in [4.69, 9.17) is 11.5 Å². The van der Waals surface area contributed by atoms with Gasteiger partial charge in [-0.05, 0) is 19.1 Å². The number of rotatable bonds is 2. The van der Waals surface area contributed by atoms with Crippen molar-refractivity contribution in [3.05, 3.63) is 48.0 Å². The van der Waals surface area contributed by atoms with E-state index in [9.17, 15) is 4.79 Å². The Hall–Kier alpha value is -2.89. The molecule has 0 spiro atoms. The number of nitrogen functional groups attached to an aromatic ring is 1. The highest BCUT2D eigenvalue weighted by Crippen LogP contribution is 2.27. The average molecular weight is 267 g/mol. The Morgan fingerprint density at radius 1 is 1.25 bits per heavy atom. The van der Waals surface area contributed by atoms with Gasteiger partial charge in [-0.25, -0.2) is 9.97 Å². The van der Waals surface area contributed by atoms with Gasteiger partial charge >= 0.3 is 0 Å². The number of aryl methyl sites for hydroxylation is 1. The Morgan fingerprint density at radius 3 is 2.60 bits per heavy atom. The van der Waals surface area contributed by atoms with Crippen molar-refractivity contribution in [2.75, 3.05) is 5.73 Å². The molecule has 0 bridgehead atoms. The Labute approximate surface area is 115 Å². The maximum Gasteiger partial charge on any atom is 0.248 e. The van der Waals surface area contributed by atoms with Gasteiger partial charge in [-0.1, -0.05) is 12.1 Å². The van der Waals surface area contributed by atoms with Crippen molar-refractivity contribution in [1.82, 2.24) is 14.4 Å². The van der Waals surface area contributed by atoms with Crippen LogP contribution in [0.5, 0.6) is 0 Å². The van der Waals surface area contributed by atoms with Gasteiger partial charge in [0.1, 0.15) is 22.9 Å². The van der Waals surface area contributed by atoms with E-state index in [0.29, 0.717) is 11.4 Å². The minimum atomic E-state index is -0.455. The third-order valence-electron chi connectivity index (χ3n) is 3.20. The molecule has 1 aromatic carbocycles. The monoisotopic (exact) mass is 267 g/mol. The molecule has 2 aromatic heterocycles. The summed E-state index contributed by atoms with van der Waals surface area (Å²) in [5.41, 5.74) is 14.0. The van der Waals surface area contributed by atoms with E-state index in [1.54, 1.807) is 30.5 Å². The van der Waals surface area contributed by atoms with Gasteiger partial charge in [0.2, 0.25) is 5.91 Å². The van der Waals surface area contributed by atoms with Gasteiger partial charge in [0.15, 0.2) is 0 Å². The highest BCUT2D eigenvalue weighted by Gasteiger charge is 2.13. The number of aromatic nitrogens is 3. The maximum absolute atomic E-state index is 11.1. The molecule has 0 aliphatic heterocycles. The molecule has 0 fully saturated rings. The summed E-state index contributed by atoms with van der Waals surface area (Å²) in [6, 6.07) is 6.94. The first-order valence-corrected chi connectivity index (χ1v) is 6.07. The van der Waals surface area contributed by atoms with Crippen LogP contribution in [0, 0.1) is 6.92 Å². The van der Waals surface area contributed by atoms with Crippen LogP contribution in [0.3, 0.4) is 0 Å². The number of anilines is 1. The van der Waals surface area contributed by atoms with Crippen molar-refractivity contribution >= 4 is 17.2 Å². The zero-order valence-electron chi connectivity index (χ0n) is 10.9. The number of imidazole rings is 1. The second-order valence-electron chi connectivity index (χ2n) is 4.48. The largest absolute Gasteiger partial charge is 0.382 e. The molecule has 1 amide bonds. The third-order valence-corrected chi connectivity index (χ3v) is 3.20. The molecule has 0 unspecified atom stereocenters. The summed E-state index contributed by atoms with van der Waals surface area (Å²) in [5.74, 6) is 0.786. The smallest absolute Gasteiger partial charge is 0.248 e. The number of hydrogen-bond acceptors (Lipinski definition) is 4. The number of amides is 1. The van der Waals surface area contributed by atoms with Gasteiger partial charge in [0, 0.05) is 23.5 Å². The van der Waals surface area contributed by atoms with Crippen LogP contribution in [-0.4, -0.2) is 20.3 Å². The first-order valence-electron chi connectivity index (χ1n) is 6.07. The number of carbonyl (C=O) groups is 1. The summed E-state index contributed by atoms with van der Waals surface area (Å²) in [7, 11) is 0. The SMILES string of the molecule is Cc1nc(-c2ccc(C(N)=O)cc2)c2c(N)nccn12. The maximum atomic E-state index is 11.1. The van der Waals surface area contributed by atoms with Gasteiger partial charge in [0.05, 0.1) is 0 Å². The zero-order chi connectivity index (χ0) is 14.3. The Morgan fingerprint density at radius 2 is 1.95 bits per heavy atom. The lowest BCUT2D eigenvalue weighted by atomic mass is 10.1. The Balaban J connectivity index is 2.22. The topological polar surface area (TPSA) is 99.3 Å². The summed E-state index contributed by atoms with van der Waals surface area (Å²) in [4.78, 5) is 19.7. The molecule has 0 saturated carbocycles. The van der Waals surface area contributed by atoms with E-state index in [1.165, 1.54) is 0 Å². The van der Waals surface area contributed by atoms with Crippen LogP contribution in [-0.2, 0) is 0 Å². The number of carbonyl (C=O) groups excluding carboxylic acids is 1. The molecule has 0 radical (unpaired) electrons. The van der Waals surface area contributed by atoms with E-state index in [0.717, 1.165) is 22.6 Å². The van der Waals surface area contributed by atoms with Crippen LogP contribution in [0.4, 0.5) is 5.82 Å². The first-order chi connectivity index (χ1) is 9.58. The average Bonchev–Trinajstić information content (AvgIpc) is 2.78. The first kappa shape index (κ1) is 12.2. The van der Waals surface area contributed by atoms with Crippen molar-refractivity contribution in [2.45, 2.75) is 6.92 Å². The van der Waals surface area contributed by atoms with Crippen LogP contribution in [0.2, 0.25) is 0 Å². The summed E-state index contributed by atoms with van der Waals surface area (Å²) in [6.07, 6.45) is 3.45. The molecule has 2 heterocycles. The van der Waals surface area contributed by atoms with Crippen molar-refractivity contribution in [2.24, 2.45) is 5.73 Å². The lowest BCUT2D eigenvalue weighted by molar-refractivity contribution is 0.100. The van der Waals surface area contributed by atoms with Crippen molar-refractivity contribution < 1.29 is 4.79 Å². The highest BCUT2D eigenvalue weighted by atomic mass is 16.1. The number of fused-ring (bicyclic) bond motifs is 1. The fourth-order valence-electron chi connectivity index (χ4n) is 2.21. The van der Waals surface area contributed by atoms with Crippen LogP contribution in [0.15, 0.2) is 36.7 Å². The molecule has 6 nitrogen and oxygen atoms in total. The summed E-state index contributed by atoms with van der Waals surface area (Å²) in [6.45, 7) is 1.90. The van der Waals surface area contributed by atoms with Crippen molar-refractivity contribution in [3.63, 3.8) is 0 Å². The quantitative estimate of drug-likeness (QED) is 0.732. The summed E-state index contributed by atoms with van der Waals surface area (Å²) >= 11 is 0. The molecule has 3 aromatic rings. The molecule has 3 rings (SSSR count). The van der Waals surface area contributed by atoms with Crippen LogP contribution in [0.1, 0.15) is 16.2 Å². The van der Waals surface area contributed by atoms with Gasteiger partial charge in [-0.2, -0.15) is 0 Å². The van der Waals surface area contributed by atoms with Crippen molar-refractivity contribution in [3.8, 4) is 11.3 Å². The second kappa shape index (κ2) is 4.34. The van der Waals surface area contributed by atoms with E-state index in [1.807, 2.05) is 17.5 Å². The normalized spacial score (nSPS) is 10.8. The van der Waals surface area contributed by atoms with Crippen molar-refractivity contribution in [1.29, 1.82) is 0 Å². The number of benzene rings is 1. The van der Waals surface area contributed by atoms with Gasteiger partial charge in [-0.15, -0.1) is 0 Å². The number of primary amides is 1. The van der Waals surface area contributed by atoms with E-state index in [-0.39, 0.29) is 0 Å². The predicted molar refractivity (Wildman–Crippen MR) is 76.1 cm³/mol. The highest BCUT2D eigenvalue weighted by molar-refractivity contribution is 5.94. The molecular weight excluding hydrogens is 254 g/mol. The fourth-order valence-corrected chi connectivity index (χ4v) is 2.21. The molecule has 6 heteroatoms. The Bertz CT molecular complexity index is 804.